The van der Waals surface area contributed by atoms with Gasteiger partial charge in [-0.2, -0.15) is 0 Å². The topological polar surface area (TPSA) is 202 Å². The highest BCUT2D eigenvalue weighted by Gasteiger charge is 2.27. The molecular formula is C135H150O10. The van der Waals surface area contributed by atoms with Crippen LogP contribution in [0.25, 0.3) is 53.9 Å². The Balaban J connectivity index is 0.000000244. The molecule has 20 aromatic carbocycles. The smallest absolute Gasteiger partial charge is 0.158 e. The van der Waals surface area contributed by atoms with Crippen molar-refractivity contribution in [2.75, 3.05) is 0 Å². The molecule has 0 saturated heterocycles. The number of fused-ring (bicyclic) bond motifs is 5. The van der Waals surface area contributed by atoms with E-state index < -0.39 is 0 Å². The summed E-state index contributed by atoms with van der Waals surface area (Å²) in [6, 6.07) is 157. The Morgan fingerprint density at radius 1 is 0.117 bits per heavy atom. The van der Waals surface area contributed by atoms with E-state index in [9.17, 15) is 20.4 Å². The lowest BCUT2D eigenvalue weighted by molar-refractivity contribution is 0.405. The van der Waals surface area contributed by atoms with Gasteiger partial charge in [-0.15, -0.1) is 0 Å². The van der Waals surface area contributed by atoms with Crippen LogP contribution in [0.3, 0.4) is 0 Å². The molecule has 0 aliphatic rings. The van der Waals surface area contributed by atoms with Crippen LogP contribution in [0.4, 0.5) is 0 Å². The van der Waals surface area contributed by atoms with Crippen LogP contribution in [-0.4, -0.2) is 51.1 Å². The minimum atomic E-state index is -0.0753. The summed E-state index contributed by atoms with van der Waals surface area (Å²) in [6.07, 6.45) is 0. The van der Waals surface area contributed by atoms with E-state index in [2.05, 4.69) is 373 Å². The van der Waals surface area contributed by atoms with Gasteiger partial charge in [0.15, 0.2) is 11.5 Å². The van der Waals surface area contributed by atoms with E-state index >= 15 is 0 Å². The normalized spacial score (nSPS) is 10.3. The fourth-order valence-corrected chi connectivity index (χ4v) is 15.6. The Bertz CT molecular complexity index is 6150. The quantitative estimate of drug-likeness (QED) is 0.0587. The van der Waals surface area contributed by atoms with Crippen molar-refractivity contribution in [2.24, 2.45) is 0 Å². The third-order valence-electron chi connectivity index (χ3n) is 24.2. The maximum absolute atomic E-state index is 9.38. The molecule has 0 heterocycles. The summed E-state index contributed by atoms with van der Waals surface area (Å²) in [7, 11) is 0. The summed E-state index contributed by atoms with van der Waals surface area (Å²) >= 11 is 0. The molecule has 0 aliphatic carbocycles. The van der Waals surface area contributed by atoms with E-state index in [0.29, 0.717) is 16.2 Å². The molecule has 0 aliphatic heterocycles. The van der Waals surface area contributed by atoms with Gasteiger partial charge in [-0.3, -0.25) is 0 Å². The maximum Gasteiger partial charge on any atom is 0.158 e. The summed E-state index contributed by atoms with van der Waals surface area (Å²) in [6.45, 7) is 42.6. The lowest BCUT2D eigenvalue weighted by atomic mass is 9.78. The maximum atomic E-state index is 9.38. The SMILES string of the molecule is CC.CC.CC.CC.CC.CC(C)(c1ccccc1)c1ccccc1.CC(C)(c1ccccc1)c1ccccc1.CC(C)(c1ccccc1)c1ccccc1.CC(C)(c1ccccc1)c1ccccc1.CC(C)(c1ccccc1)c1ccccc1.Oc1cc2ccccc2cc1O.Oc1ccc2c(O)cccc2c1.Oc1ccc2cc(O)ccc2c1.Oc1ccc2cccc(O)c2c1.Oc1cccc2c(O)cccc12. The number of benzene rings is 20. The number of rotatable bonds is 10. The van der Waals surface area contributed by atoms with E-state index in [1.807, 2.05) is 106 Å². The van der Waals surface area contributed by atoms with Crippen molar-refractivity contribution < 1.29 is 51.1 Å². The van der Waals surface area contributed by atoms with Gasteiger partial charge >= 0.3 is 0 Å². The van der Waals surface area contributed by atoms with Gasteiger partial charge in [0.1, 0.15) is 46.0 Å². The highest BCUT2D eigenvalue weighted by atomic mass is 16.3. The molecule has 0 aromatic heterocycles. The van der Waals surface area contributed by atoms with E-state index in [1.165, 1.54) is 55.6 Å². The molecule has 750 valence electrons. The zero-order valence-electron chi connectivity index (χ0n) is 88.2. The molecular weight excluding hydrogens is 1780 g/mol. The molecule has 0 bridgehead atoms. The summed E-state index contributed by atoms with van der Waals surface area (Å²) in [5.74, 6) is 1.56. The first kappa shape index (κ1) is 117. The summed E-state index contributed by atoms with van der Waals surface area (Å²) < 4.78 is 0. The van der Waals surface area contributed by atoms with Gasteiger partial charge in [0.2, 0.25) is 0 Å². The van der Waals surface area contributed by atoms with Gasteiger partial charge < -0.3 is 51.1 Å². The van der Waals surface area contributed by atoms with Crippen molar-refractivity contribution in [3.8, 4) is 57.5 Å². The van der Waals surface area contributed by atoms with Crippen molar-refractivity contribution in [1.29, 1.82) is 0 Å². The first-order chi connectivity index (χ1) is 69.9. The Morgan fingerprint density at radius 3 is 0.524 bits per heavy atom. The monoisotopic (exact) mass is 1930 g/mol. The largest absolute Gasteiger partial charge is 0.508 e. The lowest BCUT2D eigenvalue weighted by Crippen LogP contribution is -2.18. The standard InChI is InChI=1S/5C15H16.5C10H8O2.5C2H6/c5*1-15(2,13-9-5-3-6-10-13)14-11-7-4-8-12-14;11-9-3-1-7-5-10(12)4-2-8(7)6-9;11-9-5-1-3-7-8(9)4-2-6-10(7)12;11-8-4-5-9-7(6-8)2-1-3-10(9)12;11-8-5-4-7-2-1-3-10(12)9(7)6-8;11-9-5-7-3-1-2-4-8(7)6-10(9)12;5*1-2/h5*3-12H,1-2H3;5*1-6,11-12H;5*1-2H3. The first-order valence-corrected chi connectivity index (χ1v) is 50.0. The molecule has 20 rings (SSSR count). The van der Waals surface area contributed by atoms with Crippen LogP contribution in [-0.2, 0) is 27.1 Å². The molecule has 10 N–H and O–H groups in total. The minimum Gasteiger partial charge on any atom is -0.508 e. The van der Waals surface area contributed by atoms with Crippen molar-refractivity contribution in [1.82, 2.24) is 0 Å². The van der Waals surface area contributed by atoms with Gasteiger partial charge in [0.25, 0.3) is 0 Å². The zero-order chi connectivity index (χ0) is 106. The second kappa shape index (κ2) is 60.7. The summed E-state index contributed by atoms with van der Waals surface area (Å²) in [4.78, 5) is 0. The average molecular weight is 1930 g/mol. The van der Waals surface area contributed by atoms with Crippen LogP contribution >= 0.6 is 0 Å². The molecule has 0 fully saturated rings. The van der Waals surface area contributed by atoms with Crippen LogP contribution < -0.4 is 0 Å². The number of hydrogen-bond acceptors (Lipinski definition) is 10. The van der Waals surface area contributed by atoms with E-state index in [1.54, 1.807) is 146 Å². The van der Waals surface area contributed by atoms with Gasteiger partial charge in [-0.05, 0) is 179 Å². The van der Waals surface area contributed by atoms with Crippen molar-refractivity contribution in [2.45, 2.75) is 166 Å². The van der Waals surface area contributed by atoms with E-state index in [-0.39, 0.29) is 84.6 Å². The summed E-state index contributed by atoms with van der Waals surface area (Å²) in [5, 5.41) is 101. The van der Waals surface area contributed by atoms with Crippen LogP contribution in [0.5, 0.6) is 57.5 Å². The fourth-order valence-electron chi connectivity index (χ4n) is 15.6. The molecule has 20 aromatic rings. The number of phenolic OH excluding ortho intramolecular Hbond substituents is 10. The van der Waals surface area contributed by atoms with E-state index in [4.69, 9.17) is 30.6 Å². The average Bonchev–Trinajstić information content (AvgIpc) is 0.810. The first-order valence-electron chi connectivity index (χ1n) is 50.0. The summed E-state index contributed by atoms with van der Waals surface area (Å²) in [5.41, 5.74) is 14.0. The van der Waals surface area contributed by atoms with Crippen LogP contribution in [0.15, 0.2) is 485 Å². The van der Waals surface area contributed by atoms with Gasteiger partial charge in [0.05, 0.1) is 0 Å². The zero-order valence-corrected chi connectivity index (χ0v) is 88.2. The third-order valence-corrected chi connectivity index (χ3v) is 24.2. The molecule has 0 unspecified atom stereocenters. The van der Waals surface area contributed by atoms with Gasteiger partial charge in [-0.1, -0.05) is 533 Å². The number of hydrogen-bond donors (Lipinski definition) is 10. The number of aromatic hydroxyl groups is 10. The lowest BCUT2D eigenvalue weighted by Gasteiger charge is -2.25. The Hall–Kier alpha value is -16.3. The molecule has 0 radical (unpaired) electrons. The fraction of sp³-hybridized carbons (Fsp3) is 0.185. The highest BCUT2D eigenvalue weighted by molar-refractivity contribution is 5.93. The third kappa shape index (κ3) is 35.4. The van der Waals surface area contributed by atoms with Crippen LogP contribution in [0, 0.1) is 0 Å². The van der Waals surface area contributed by atoms with Gasteiger partial charge in [-0.25, -0.2) is 0 Å². The van der Waals surface area contributed by atoms with Crippen molar-refractivity contribution in [3.63, 3.8) is 0 Å². The molecule has 0 amide bonds. The predicted molar refractivity (Wildman–Crippen MR) is 618 cm³/mol. The Morgan fingerprint density at radius 2 is 0.283 bits per heavy atom. The van der Waals surface area contributed by atoms with Crippen molar-refractivity contribution >= 4 is 53.9 Å². The minimum absolute atomic E-state index is 0.0753. The van der Waals surface area contributed by atoms with Crippen LogP contribution in [0.1, 0.15) is 194 Å². The molecule has 10 heteroatoms. The molecule has 0 saturated carbocycles. The Kier molecular flexibility index (Phi) is 49.2. The van der Waals surface area contributed by atoms with Gasteiger partial charge in [0, 0.05) is 48.6 Å². The number of phenols is 10. The Labute approximate surface area is 863 Å². The second-order valence-corrected chi connectivity index (χ2v) is 35.2. The van der Waals surface area contributed by atoms with E-state index in [0.717, 1.165) is 37.7 Å². The second-order valence-electron chi connectivity index (χ2n) is 35.2. The predicted octanol–water partition coefficient (Wildman–Crippen LogP) is 36.4. The molecule has 145 heavy (non-hydrogen) atoms. The molecule has 0 spiro atoms. The van der Waals surface area contributed by atoms with Crippen LogP contribution in [0.2, 0.25) is 0 Å². The van der Waals surface area contributed by atoms with Crippen molar-refractivity contribution in [3.05, 3.63) is 541 Å². The molecule has 10 nitrogen and oxygen atoms in total. The highest BCUT2D eigenvalue weighted by Crippen LogP contribution is 2.39. The molecule has 0 atom stereocenters.